The highest BCUT2D eigenvalue weighted by molar-refractivity contribution is 6.31. The van der Waals surface area contributed by atoms with Gasteiger partial charge >= 0.3 is 6.18 Å². The Balaban J connectivity index is 1.86. The van der Waals surface area contributed by atoms with Crippen molar-refractivity contribution in [1.82, 2.24) is 15.1 Å². The van der Waals surface area contributed by atoms with Crippen LogP contribution in [0.2, 0.25) is 5.02 Å². The van der Waals surface area contributed by atoms with Gasteiger partial charge in [0.25, 0.3) is 0 Å². The van der Waals surface area contributed by atoms with E-state index >= 15 is 0 Å². The Labute approximate surface area is 165 Å². The SMILES string of the molecule is COc1ccc(CCNC(=O)CCn2nc(C(F)(F)F)c(Cl)c2C)cc1OC. The summed E-state index contributed by atoms with van der Waals surface area (Å²) in [6.07, 6.45) is -4.08. The lowest BCUT2D eigenvalue weighted by Crippen LogP contribution is -2.27. The predicted molar refractivity (Wildman–Crippen MR) is 97.9 cm³/mol. The zero-order chi connectivity index (χ0) is 20.9. The van der Waals surface area contributed by atoms with Crippen LogP contribution in [-0.2, 0) is 23.9 Å². The monoisotopic (exact) mass is 419 g/mol. The lowest BCUT2D eigenvalue weighted by atomic mass is 10.1. The number of halogens is 4. The van der Waals surface area contributed by atoms with Gasteiger partial charge < -0.3 is 14.8 Å². The maximum absolute atomic E-state index is 12.8. The van der Waals surface area contributed by atoms with Crippen molar-refractivity contribution in [3.05, 3.63) is 40.2 Å². The summed E-state index contributed by atoms with van der Waals surface area (Å²) in [6.45, 7) is 1.81. The number of carbonyl (C=O) groups excluding carboxylic acids is 1. The van der Waals surface area contributed by atoms with Crippen molar-refractivity contribution in [2.75, 3.05) is 20.8 Å². The highest BCUT2D eigenvalue weighted by atomic mass is 35.5. The molecule has 28 heavy (non-hydrogen) atoms. The molecule has 0 atom stereocenters. The minimum absolute atomic E-state index is 0.00379. The Morgan fingerprint density at radius 3 is 2.50 bits per heavy atom. The van der Waals surface area contributed by atoms with E-state index in [9.17, 15) is 18.0 Å². The van der Waals surface area contributed by atoms with Gasteiger partial charge in [0, 0.05) is 13.0 Å². The molecule has 1 N–H and O–H groups in total. The summed E-state index contributed by atoms with van der Waals surface area (Å²) in [7, 11) is 3.08. The van der Waals surface area contributed by atoms with Crippen LogP contribution in [0, 0.1) is 6.92 Å². The molecule has 0 saturated carbocycles. The average Bonchev–Trinajstić information content (AvgIpc) is 2.94. The molecule has 0 radical (unpaired) electrons. The number of aromatic nitrogens is 2. The summed E-state index contributed by atoms with van der Waals surface area (Å²) >= 11 is 5.69. The van der Waals surface area contributed by atoms with E-state index in [1.54, 1.807) is 13.2 Å². The fourth-order valence-electron chi connectivity index (χ4n) is 2.60. The van der Waals surface area contributed by atoms with Crippen molar-refractivity contribution in [3.8, 4) is 11.5 Å². The molecule has 0 fully saturated rings. The Kier molecular flexibility index (Phi) is 7.17. The van der Waals surface area contributed by atoms with Crippen molar-refractivity contribution >= 4 is 17.5 Å². The number of rotatable bonds is 8. The van der Waals surface area contributed by atoms with Gasteiger partial charge in [0.05, 0.1) is 31.5 Å². The van der Waals surface area contributed by atoms with Gasteiger partial charge in [0.1, 0.15) is 0 Å². The summed E-state index contributed by atoms with van der Waals surface area (Å²) in [5, 5.41) is 5.76. The van der Waals surface area contributed by atoms with Gasteiger partial charge in [-0.15, -0.1) is 0 Å². The van der Waals surface area contributed by atoms with Crippen molar-refractivity contribution in [2.45, 2.75) is 32.5 Å². The van der Waals surface area contributed by atoms with E-state index in [1.165, 1.54) is 14.0 Å². The number of hydrogen-bond donors (Lipinski definition) is 1. The van der Waals surface area contributed by atoms with Crippen LogP contribution in [0.4, 0.5) is 13.2 Å². The van der Waals surface area contributed by atoms with Crippen molar-refractivity contribution < 1.29 is 27.4 Å². The number of amides is 1. The molecule has 2 rings (SSSR count). The number of aryl methyl sites for hydroxylation is 1. The van der Waals surface area contributed by atoms with E-state index in [4.69, 9.17) is 21.1 Å². The molecule has 2 aromatic rings. The molecule has 0 aliphatic heterocycles. The third kappa shape index (κ3) is 5.31. The number of hydrogen-bond acceptors (Lipinski definition) is 4. The Morgan fingerprint density at radius 2 is 1.93 bits per heavy atom. The average molecular weight is 420 g/mol. The normalized spacial score (nSPS) is 11.4. The minimum Gasteiger partial charge on any atom is -0.493 e. The van der Waals surface area contributed by atoms with Gasteiger partial charge in [-0.25, -0.2) is 0 Å². The van der Waals surface area contributed by atoms with Crippen LogP contribution in [-0.4, -0.2) is 36.5 Å². The second-order valence-corrected chi connectivity index (χ2v) is 6.39. The molecule has 10 heteroatoms. The maximum Gasteiger partial charge on any atom is 0.436 e. The molecular formula is C18H21ClF3N3O3. The minimum atomic E-state index is -4.63. The third-order valence-electron chi connectivity index (χ3n) is 4.14. The second kappa shape index (κ2) is 9.18. The molecule has 1 amide bonds. The lowest BCUT2D eigenvalue weighted by Gasteiger charge is -2.10. The molecule has 0 aliphatic rings. The molecule has 0 saturated heterocycles. The summed E-state index contributed by atoms with van der Waals surface area (Å²) in [6, 6.07) is 5.46. The largest absolute Gasteiger partial charge is 0.493 e. The van der Waals surface area contributed by atoms with E-state index in [0.29, 0.717) is 24.5 Å². The van der Waals surface area contributed by atoms with E-state index in [2.05, 4.69) is 10.4 Å². The molecule has 0 spiro atoms. The first kappa shape index (κ1) is 21.9. The van der Waals surface area contributed by atoms with Crippen LogP contribution in [0.3, 0.4) is 0 Å². The molecule has 6 nitrogen and oxygen atoms in total. The first-order valence-corrected chi connectivity index (χ1v) is 8.82. The highest BCUT2D eigenvalue weighted by Gasteiger charge is 2.38. The lowest BCUT2D eigenvalue weighted by molar-refractivity contribution is -0.141. The standard InChI is InChI=1S/C18H21ClF3N3O3/c1-11-16(19)17(18(20,21)22)24-25(11)9-7-15(26)23-8-6-12-4-5-13(27-2)14(10-12)28-3/h4-5,10H,6-9H2,1-3H3,(H,23,26). The summed E-state index contributed by atoms with van der Waals surface area (Å²) in [4.78, 5) is 12.0. The molecule has 0 unspecified atom stereocenters. The Bertz CT molecular complexity index is 837. The van der Waals surface area contributed by atoms with Gasteiger partial charge in [-0.05, 0) is 31.0 Å². The van der Waals surface area contributed by atoms with Gasteiger partial charge in [-0.2, -0.15) is 18.3 Å². The summed E-state index contributed by atoms with van der Waals surface area (Å²) in [5.41, 5.74) is -0.0184. The number of benzene rings is 1. The molecule has 1 aromatic carbocycles. The van der Waals surface area contributed by atoms with E-state index < -0.39 is 16.9 Å². The Morgan fingerprint density at radius 1 is 1.25 bits per heavy atom. The number of carbonyl (C=O) groups is 1. The van der Waals surface area contributed by atoms with Crippen molar-refractivity contribution in [3.63, 3.8) is 0 Å². The van der Waals surface area contributed by atoms with Gasteiger partial charge in [0.2, 0.25) is 5.91 Å². The van der Waals surface area contributed by atoms with Crippen molar-refractivity contribution in [1.29, 1.82) is 0 Å². The Hall–Kier alpha value is -2.42. The van der Waals surface area contributed by atoms with Gasteiger partial charge in [-0.1, -0.05) is 17.7 Å². The smallest absolute Gasteiger partial charge is 0.436 e. The van der Waals surface area contributed by atoms with Crippen LogP contribution < -0.4 is 14.8 Å². The fraction of sp³-hybridized carbons (Fsp3) is 0.444. The van der Waals surface area contributed by atoms with E-state index in [-0.39, 0.29) is 24.6 Å². The summed E-state index contributed by atoms with van der Waals surface area (Å²) in [5.74, 6) is 0.916. The predicted octanol–water partition coefficient (Wildman–Crippen LogP) is 3.63. The number of nitrogens with one attached hydrogen (secondary N) is 1. The molecule has 1 aromatic heterocycles. The zero-order valence-corrected chi connectivity index (χ0v) is 16.4. The molecule has 154 valence electrons. The van der Waals surface area contributed by atoms with Crippen molar-refractivity contribution in [2.24, 2.45) is 0 Å². The van der Waals surface area contributed by atoms with Crippen LogP contribution >= 0.6 is 11.6 Å². The van der Waals surface area contributed by atoms with Gasteiger partial charge in [-0.3, -0.25) is 9.48 Å². The number of alkyl halides is 3. The quantitative estimate of drug-likeness (QED) is 0.709. The van der Waals surface area contributed by atoms with Crippen LogP contribution in [0.15, 0.2) is 18.2 Å². The highest BCUT2D eigenvalue weighted by Crippen LogP contribution is 2.35. The van der Waals surface area contributed by atoms with Crippen LogP contribution in [0.5, 0.6) is 11.5 Å². The topological polar surface area (TPSA) is 65.4 Å². The molecular weight excluding hydrogens is 399 g/mol. The zero-order valence-electron chi connectivity index (χ0n) is 15.7. The first-order valence-electron chi connectivity index (χ1n) is 8.45. The number of methoxy groups -OCH3 is 2. The molecule has 0 bridgehead atoms. The van der Waals surface area contributed by atoms with Crippen LogP contribution in [0.25, 0.3) is 0 Å². The third-order valence-corrected chi connectivity index (χ3v) is 4.59. The molecule has 0 aliphatic carbocycles. The van der Waals surface area contributed by atoms with E-state index in [0.717, 1.165) is 10.2 Å². The second-order valence-electron chi connectivity index (χ2n) is 6.01. The summed E-state index contributed by atoms with van der Waals surface area (Å²) < 4.78 is 49.9. The maximum atomic E-state index is 12.8. The number of nitrogens with zero attached hydrogens (tertiary/aromatic N) is 2. The van der Waals surface area contributed by atoms with E-state index in [1.807, 2.05) is 12.1 Å². The van der Waals surface area contributed by atoms with Gasteiger partial charge in [0.15, 0.2) is 17.2 Å². The number of ether oxygens (including phenoxy) is 2. The fourth-order valence-corrected chi connectivity index (χ4v) is 2.84. The van der Waals surface area contributed by atoms with Crippen LogP contribution in [0.1, 0.15) is 23.4 Å². The first-order chi connectivity index (χ1) is 13.2. The molecule has 1 heterocycles.